The summed E-state index contributed by atoms with van der Waals surface area (Å²) in [5.74, 6) is -6.26. The maximum Gasteiger partial charge on any atom is 0.260 e. The van der Waals surface area contributed by atoms with Crippen LogP contribution in [0, 0.1) is 23.7 Å². The first-order valence-corrected chi connectivity index (χ1v) is 16.2. The maximum absolute atomic E-state index is 15.2. The fourth-order valence-corrected chi connectivity index (χ4v) is 8.63. The summed E-state index contributed by atoms with van der Waals surface area (Å²) in [4.78, 5) is 56.2. The number of nitrogens with one attached hydrogen (secondary N) is 1. The smallest absolute Gasteiger partial charge is 0.260 e. The lowest BCUT2D eigenvalue weighted by Crippen LogP contribution is -2.53. The number of nitrogens with zero attached hydrogens (tertiary/aromatic N) is 2. The van der Waals surface area contributed by atoms with Crippen molar-refractivity contribution in [1.29, 1.82) is 0 Å². The molecule has 2 heterocycles. The molecule has 13 heteroatoms. The van der Waals surface area contributed by atoms with Gasteiger partial charge in [-0.2, -0.15) is 10.1 Å². The number of imide groups is 2. The molecule has 2 aliphatic heterocycles. The molecule has 0 aromatic heterocycles. The zero-order valence-electron chi connectivity index (χ0n) is 25.9. The Morgan fingerprint density at radius 3 is 2.40 bits per heavy atom. The number of carbonyl (C=O) groups excluding carboxylic acids is 4. The van der Waals surface area contributed by atoms with Gasteiger partial charge in [-0.25, -0.2) is 0 Å². The quantitative estimate of drug-likeness (QED) is 0.167. The number of amides is 4. The minimum atomic E-state index is -1.57. The number of anilines is 1. The molecule has 2 aliphatic carbocycles. The molecule has 3 aromatic carbocycles. The van der Waals surface area contributed by atoms with E-state index in [9.17, 15) is 24.7 Å². The van der Waals surface area contributed by atoms with E-state index in [0.717, 1.165) is 5.01 Å². The van der Waals surface area contributed by atoms with Gasteiger partial charge in [0.1, 0.15) is 5.75 Å². The van der Waals surface area contributed by atoms with Crippen molar-refractivity contribution in [1.82, 2.24) is 10.1 Å². The Balaban J connectivity index is 1.48. The second-order valence-electron chi connectivity index (χ2n) is 12.4. The van der Waals surface area contributed by atoms with Crippen molar-refractivity contribution in [3.8, 4) is 17.2 Å². The molecule has 7 rings (SSSR count). The molecule has 0 bridgehead atoms. The highest BCUT2D eigenvalue weighted by atomic mass is 35.5. The van der Waals surface area contributed by atoms with Crippen molar-refractivity contribution in [3.05, 3.63) is 93.5 Å². The molecule has 3 N–H and O–H groups in total. The zero-order valence-corrected chi connectivity index (χ0v) is 27.4. The van der Waals surface area contributed by atoms with Gasteiger partial charge in [-0.3, -0.25) is 29.8 Å². The summed E-state index contributed by atoms with van der Waals surface area (Å²) < 4.78 is 11.2. The third-order valence-corrected chi connectivity index (χ3v) is 10.7. The summed E-state index contributed by atoms with van der Waals surface area (Å²) >= 11 is 12.6. The molecule has 0 spiro atoms. The Kier molecular flexibility index (Phi) is 7.89. The number of fused-ring (bicyclic) bond motifs is 4. The van der Waals surface area contributed by atoms with Crippen LogP contribution in [0.1, 0.15) is 36.8 Å². The van der Waals surface area contributed by atoms with Gasteiger partial charge in [0.05, 0.1) is 47.6 Å². The van der Waals surface area contributed by atoms with E-state index < -0.39 is 58.6 Å². The lowest BCUT2D eigenvalue weighted by Gasteiger charge is -2.50. The van der Waals surface area contributed by atoms with Crippen LogP contribution in [0.25, 0.3) is 0 Å². The third-order valence-electron chi connectivity index (χ3n) is 10.2. The van der Waals surface area contributed by atoms with Gasteiger partial charge in [0.15, 0.2) is 11.5 Å². The molecule has 1 saturated carbocycles. The van der Waals surface area contributed by atoms with Crippen LogP contribution in [0.3, 0.4) is 0 Å². The second-order valence-corrected chi connectivity index (χ2v) is 13.2. The van der Waals surface area contributed by atoms with Gasteiger partial charge in [-0.1, -0.05) is 53.1 Å². The number of hydrogen-bond acceptors (Lipinski definition) is 9. The number of halogens is 2. The SMILES string of the molecule is CCOc1cc([C@H]2C3=CC[C@@H]4C(=O)N(O)C(=O)[C@@H]4[C@@H]3C[C@H]3C(=O)N(Nc4ccc(Cl)cc4Cl)C(=O)[C@@]23c2ccc(OC)cc2)ccc1O. The average Bonchev–Trinajstić information content (AvgIpc) is 3.43. The number of methoxy groups -OCH3 is 1. The summed E-state index contributed by atoms with van der Waals surface area (Å²) in [7, 11) is 1.52. The molecule has 3 aromatic rings. The molecule has 6 atom stereocenters. The number of rotatable bonds is 7. The number of phenolic OH excluding ortho intramolecular Hbond substituents is 1. The first-order chi connectivity index (χ1) is 23.0. The molecular weight excluding hydrogens is 661 g/mol. The van der Waals surface area contributed by atoms with Crippen molar-refractivity contribution in [2.75, 3.05) is 19.1 Å². The molecule has 248 valence electrons. The van der Waals surface area contributed by atoms with E-state index in [2.05, 4.69) is 5.43 Å². The van der Waals surface area contributed by atoms with Crippen molar-refractivity contribution >= 4 is 52.5 Å². The first kappa shape index (κ1) is 32.0. The third kappa shape index (κ3) is 4.59. The lowest BCUT2D eigenvalue weighted by molar-refractivity contribution is -0.173. The molecule has 4 amide bonds. The Morgan fingerprint density at radius 1 is 0.958 bits per heavy atom. The van der Waals surface area contributed by atoms with Crippen molar-refractivity contribution in [2.45, 2.75) is 31.1 Å². The number of hydrazine groups is 1. The largest absolute Gasteiger partial charge is 0.504 e. The van der Waals surface area contributed by atoms with E-state index in [0.29, 0.717) is 27.5 Å². The minimum absolute atomic E-state index is 0.0376. The van der Waals surface area contributed by atoms with E-state index in [1.54, 1.807) is 55.5 Å². The van der Waals surface area contributed by atoms with Crippen LogP contribution in [0.5, 0.6) is 17.2 Å². The van der Waals surface area contributed by atoms with Crippen LogP contribution >= 0.6 is 23.2 Å². The minimum Gasteiger partial charge on any atom is -0.504 e. The Hall–Kier alpha value is -4.58. The highest BCUT2D eigenvalue weighted by Gasteiger charge is 2.70. The number of ether oxygens (including phenoxy) is 2. The second kappa shape index (κ2) is 11.8. The van der Waals surface area contributed by atoms with Crippen LogP contribution < -0.4 is 14.9 Å². The Bertz CT molecular complexity index is 1900. The summed E-state index contributed by atoms with van der Waals surface area (Å²) in [5, 5.41) is 22.8. The summed E-state index contributed by atoms with van der Waals surface area (Å²) in [6, 6.07) is 16.3. The number of aromatic hydroxyl groups is 1. The van der Waals surface area contributed by atoms with Gasteiger partial charge >= 0.3 is 0 Å². The van der Waals surface area contributed by atoms with Crippen LogP contribution in [-0.4, -0.2) is 57.7 Å². The van der Waals surface area contributed by atoms with Crippen molar-refractivity contribution in [2.24, 2.45) is 23.7 Å². The van der Waals surface area contributed by atoms with Crippen LogP contribution in [0.2, 0.25) is 10.0 Å². The monoisotopic (exact) mass is 691 g/mol. The molecule has 0 radical (unpaired) electrons. The van der Waals surface area contributed by atoms with Crippen LogP contribution in [-0.2, 0) is 24.6 Å². The number of phenols is 1. The number of allylic oxidation sites excluding steroid dienone is 2. The van der Waals surface area contributed by atoms with Crippen LogP contribution in [0.4, 0.5) is 5.69 Å². The predicted octanol–water partition coefficient (Wildman–Crippen LogP) is 5.48. The molecule has 0 unspecified atom stereocenters. The van der Waals surface area contributed by atoms with Gasteiger partial charge < -0.3 is 14.6 Å². The molecule has 11 nitrogen and oxygen atoms in total. The van der Waals surface area contributed by atoms with Gasteiger partial charge in [-0.15, -0.1) is 0 Å². The highest BCUT2D eigenvalue weighted by molar-refractivity contribution is 6.36. The number of carbonyl (C=O) groups is 4. The van der Waals surface area contributed by atoms with Gasteiger partial charge in [0.25, 0.3) is 23.6 Å². The molecule has 2 saturated heterocycles. The molecule has 48 heavy (non-hydrogen) atoms. The molecular formula is C35H31Cl2N3O8. The van der Waals surface area contributed by atoms with Crippen LogP contribution in [0.15, 0.2) is 72.3 Å². The van der Waals surface area contributed by atoms with E-state index in [1.807, 2.05) is 6.08 Å². The van der Waals surface area contributed by atoms with E-state index >= 15 is 4.79 Å². The van der Waals surface area contributed by atoms with Gasteiger partial charge in [-0.05, 0) is 79.3 Å². The Labute approximate surface area is 285 Å². The molecule has 3 fully saturated rings. The van der Waals surface area contributed by atoms with Gasteiger partial charge in [0, 0.05) is 10.9 Å². The fraction of sp³-hybridized carbons (Fsp3) is 0.314. The van der Waals surface area contributed by atoms with Crippen molar-refractivity contribution in [3.63, 3.8) is 0 Å². The van der Waals surface area contributed by atoms with E-state index in [-0.39, 0.29) is 46.7 Å². The predicted molar refractivity (Wildman–Crippen MR) is 174 cm³/mol. The average molecular weight is 693 g/mol. The summed E-state index contributed by atoms with van der Waals surface area (Å²) in [6.45, 7) is 2.03. The highest BCUT2D eigenvalue weighted by Crippen LogP contribution is 2.64. The number of hydroxylamine groups is 2. The number of hydrogen-bond donors (Lipinski definition) is 3. The summed E-state index contributed by atoms with van der Waals surface area (Å²) in [6.07, 6.45) is 2.05. The first-order valence-electron chi connectivity index (χ1n) is 15.5. The fourth-order valence-electron chi connectivity index (χ4n) is 8.18. The van der Waals surface area contributed by atoms with Gasteiger partial charge in [0.2, 0.25) is 0 Å². The lowest BCUT2D eigenvalue weighted by atomic mass is 9.49. The maximum atomic E-state index is 15.2. The molecule has 4 aliphatic rings. The Morgan fingerprint density at radius 2 is 1.71 bits per heavy atom. The normalized spacial score (nSPS) is 27.8. The van der Waals surface area contributed by atoms with E-state index in [1.165, 1.54) is 19.2 Å². The zero-order chi connectivity index (χ0) is 34.1. The topological polar surface area (TPSA) is 146 Å². The number of benzene rings is 3. The standard InChI is InChI=1S/C35H31Cl2N3O8/c1-3-48-28-14-17(4-13-27(28)41)30-21-10-11-22-29(33(44)40(46)31(22)42)23(21)16-24-32(43)39(38-26-12-7-19(36)15-25(26)37)34(45)35(24,30)18-5-8-20(47-2)9-6-18/h4-10,12-15,22-24,29-30,38,41,46H,3,11,16H2,1-2H3/t22-,23+,24-,29-,30-,35+/m0/s1. The van der Waals surface area contributed by atoms with E-state index in [4.69, 9.17) is 32.7 Å². The summed E-state index contributed by atoms with van der Waals surface area (Å²) in [5.41, 5.74) is 3.39. The van der Waals surface area contributed by atoms with Crippen molar-refractivity contribution < 1.29 is 39.0 Å².